The third-order valence-electron chi connectivity index (χ3n) is 1.55. The SMILES string of the molecule is O=PO[P+](=O)CCc1ccccc1. The van der Waals surface area contributed by atoms with Crippen LogP contribution in [-0.2, 0) is 19.9 Å². The molecule has 13 heavy (non-hydrogen) atoms. The highest BCUT2D eigenvalue weighted by Gasteiger charge is 2.17. The maximum Gasteiger partial charge on any atom is 0.520 e. The van der Waals surface area contributed by atoms with Crippen molar-refractivity contribution >= 4 is 16.7 Å². The van der Waals surface area contributed by atoms with E-state index in [0.29, 0.717) is 12.6 Å². The largest absolute Gasteiger partial charge is 0.520 e. The summed E-state index contributed by atoms with van der Waals surface area (Å²) in [4.78, 5) is 0. The van der Waals surface area contributed by atoms with Crippen LogP contribution in [0.3, 0.4) is 0 Å². The third-order valence-corrected chi connectivity index (χ3v) is 3.13. The monoisotopic (exact) mass is 215 g/mol. The van der Waals surface area contributed by atoms with E-state index in [9.17, 15) is 9.13 Å². The Bertz CT molecular complexity index is 287. The second-order valence-electron chi connectivity index (χ2n) is 2.45. The van der Waals surface area contributed by atoms with Crippen LogP contribution in [0.15, 0.2) is 30.3 Å². The van der Waals surface area contributed by atoms with Gasteiger partial charge in [0.2, 0.25) is 0 Å². The second-order valence-corrected chi connectivity index (χ2v) is 4.36. The Morgan fingerprint density at radius 1 is 1.31 bits per heavy atom. The molecule has 68 valence electrons. The fraction of sp³-hybridized carbons (Fsp3) is 0.250. The van der Waals surface area contributed by atoms with Gasteiger partial charge in [-0.1, -0.05) is 30.3 Å². The lowest BCUT2D eigenvalue weighted by Crippen LogP contribution is -1.86. The molecule has 0 amide bonds. The van der Waals surface area contributed by atoms with E-state index in [1.807, 2.05) is 30.3 Å². The first kappa shape index (κ1) is 10.5. The molecule has 1 rings (SSSR count). The van der Waals surface area contributed by atoms with E-state index in [1.165, 1.54) is 0 Å². The van der Waals surface area contributed by atoms with Crippen LogP contribution >= 0.6 is 16.7 Å². The first-order valence-corrected chi connectivity index (χ1v) is 5.90. The van der Waals surface area contributed by atoms with E-state index in [1.54, 1.807) is 0 Å². The first-order chi connectivity index (χ1) is 6.33. The van der Waals surface area contributed by atoms with Gasteiger partial charge in [-0.05, 0) is 14.4 Å². The van der Waals surface area contributed by atoms with E-state index in [2.05, 4.69) is 4.31 Å². The van der Waals surface area contributed by atoms with Gasteiger partial charge < -0.3 is 0 Å². The van der Waals surface area contributed by atoms with Crippen molar-refractivity contribution < 1.29 is 13.4 Å². The number of rotatable bonds is 5. The Morgan fingerprint density at radius 3 is 2.62 bits per heavy atom. The van der Waals surface area contributed by atoms with Crippen LogP contribution in [0.5, 0.6) is 0 Å². The van der Waals surface area contributed by atoms with Gasteiger partial charge in [-0.15, -0.1) is 0 Å². The van der Waals surface area contributed by atoms with E-state index in [4.69, 9.17) is 0 Å². The highest BCUT2D eigenvalue weighted by Crippen LogP contribution is 2.28. The quantitative estimate of drug-likeness (QED) is 0.708. The van der Waals surface area contributed by atoms with Gasteiger partial charge >= 0.3 is 16.7 Å². The highest BCUT2D eigenvalue weighted by molar-refractivity contribution is 7.46. The molecule has 1 atom stereocenters. The summed E-state index contributed by atoms with van der Waals surface area (Å²) in [7, 11) is -2.29. The average Bonchev–Trinajstić information content (AvgIpc) is 2.17. The number of benzene rings is 1. The summed E-state index contributed by atoms with van der Waals surface area (Å²) >= 11 is 0. The standard InChI is InChI=1S/C8H9O3P2/c9-12-11-13(10)7-6-8-4-2-1-3-5-8/h1-5H,6-7H2/q+1. The van der Waals surface area contributed by atoms with Crippen molar-refractivity contribution in [2.45, 2.75) is 6.42 Å². The van der Waals surface area contributed by atoms with Crippen LogP contribution in [0.2, 0.25) is 0 Å². The minimum atomic E-state index is -1.78. The van der Waals surface area contributed by atoms with E-state index >= 15 is 0 Å². The molecule has 0 heterocycles. The molecule has 0 spiro atoms. The maximum atomic E-state index is 10.9. The number of aryl methyl sites for hydroxylation is 1. The fourth-order valence-electron chi connectivity index (χ4n) is 0.943. The Balaban J connectivity index is 2.35. The molecule has 0 N–H and O–H groups in total. The molecule has 1 aromatic rings. The molecule has 0 aliphatic heterocycles. The summed E-state index contributed by atoms with van der Waals surface area (Å²) in [5.74, 6) is 0. The van der Waals surface area contributed by atoms with Gasteiger partial charge in [0.1, 0.15) is 0 Å². The highest BCUT2D eigenvalue weighted by atomic mass is 31.2. The zero-order valence-electron chi connectivity index (χ0n) is 6.92. The van der Waals surface area contributed by atoms with Crippen molar-refractivity contribution in [2.24, 2.45) is 0 Å². The molecule has 3 nitrogen and oxygen atoms in total. The normalized spacial score (nSPS) is 11.5. The molecule has 1 unspecified atom stereocenters. The smallest absolute Gasteiger partial charge is 0.236 e. The van der Waals surface area contributed by atoms with Crippen molar-refractivity contribution in [2.75, 3.05) is 6.16 Å². The lowest BCUT2D eigenvalue weighted by Gasteiger charge is -1.91. The molecule has 0 radical (unpaired) electrons. The predicted molar refractivity (Wildman–Crippen MR) is 51.3 cm³/mol. The lowest BCUT2D eigenvalue weighted by atomic mass is 10.2. The van der Waals surface area contributed by atoms with Gasteiger partial charge in [0.05, 0.1) is 0 Å². The van der Waals surface area contributed by atoms with Crippen LogP contribution < -0.4 is 0 Å². The third kappa shape index (κ3) is 4.23. The summed E-state index contributed by atoms with van der Waals surface area (Å²) in [5, 5.41) is 0. The zero-order valence-corrected chi connectivity index (χ0v) is 8.71. The zero-order chi connectivity index (χ0) is 9.52. The van der Waals surface area contributed by atoms with Crippen molar-refractivity contribution in [3.8, 4) is 0 Å². The Hall–Kier alpha value is -0.620. The Morgan fingerprint density at radius 2 is 2.00 bits per heavy atom. The summed E-state index contributed by atoms with van der Waals surface area (Å²) in [6.07, 6.45) is 1.10. The Labute approximate surface area is 79.3 Å². The number of hydrogen-bond donors (Lipinski definition) is 0. The van der Waals surface area contributed by atoms with Gasteiger partial charge in [-0.2, -0.15) is 0 Å². The first-order valence-electron chi connectivity index (χ1n) is 3.81. The molecule has 0 fully saturated rings. The van der Waals surface area contributed by atoms with Gasteiger partial charge in [0.15, 0.2) is 6.16 Å². The predicted octanol–water partition coefficient (Wildman–Crippen LogP) is 3.19. The average molecular weight is 215 g/mol. The summed E-state index contributed by atoms with van der Waals surface area (Å²) < 4.78 is 25.2. The molecule has 0 aliphatic carbocycles. The van der Waals surface area contributed by atoms with Crippen molar-refractivity contribution in [1.82, 2.24) is 0 Å². The fourth-order valence-corrected chi connectivity index (χ4v) is 2.01. The summed E-state index contributed by atoms with van der Waals surface area (Å²) in [6.45, 7) is 0. The summed E-state index contributed by atoms with van der Waals surface area (Å²) in [6, 6.07) is 9.69. The maximum absolute atomic E-state index is 10.9. The molecule has 0 aromatic heterocycles. The van der Waals surface area contributed by atoms with Crippen molar-refractivity contribution in [3.05, 3.63) is 35.9 Å². The lowest BCUT2D eigenvalue weighted by molar-refractivity contribution is 0.501. The molecule has 1 aromatic carbocycles. The molecule has 5 heteroatoms. The van der Waals surface area contributed by atoms with Gasteiger partial charge in [-0.25, -0.2) is 4.57 Å². The molecule has 0 aliphatic rings. The molecular weight excluding hydrogens is 206 g/mol. The second kappa shape index (κ2) is 5.93. The van der Waals surface area contributed by atoms with E-state index in [0.717, 1.165) is 5.56 Å². The molecule has 0 saturated carbocycles. The van der Waals surface area contributed by atoms with E-state index < -0.39 is 16.7 Å². The summed E-state index contributed by atoms with van der Waals surface area (Å²) in [5.41, 5.74) is 1.11. The minimum absolute atomic E-state index is 0.411. The van der Waals surface area contributed by atoms with Gasteiger partial charge in [0.25, 0.3) is 0 Å². The van der Waals surface area contributed by atoms with Gasteiger partial charge in [0, 0.05) is 6.42 Å². The topological polar surface area (TPSA) is 43.4 Å². The van der Waals surface area contributed by atoms with Crippen molar-refractivity contribution in [3.63, 3.8) is 0 Å². The number of hydrogen-bond acceptors (Lipinski definition) is 3. The van der Waals surface area contributed by atoms with Crippen LogP contribution in [-0.4, -0.2) is 6.16 Å². The van der Waals surface area contributed by atoms with Gasteiger partial charge in [-0.3, -0.25) is 0 Å². The van der Waals surface area contributed by atoms with Crippen molar-refractivity contribution in [1.29, 1.82) is 0 Å². The molecular formula is C8H9O3P2+. The molecule has 0 saturated heterocycles. The van der Waals surface area contributed by atoms with Crippen LogP contribution in [0, 0.1) is 0 Å². The minimum Gasteiger partial charge on any atom is -0.236 e. The van der Waals surface area contributed by atoms with E-state index in [-0.39, 0.29) is 0 Å². The van der Waals surface area contributed by atoms with Crippen LogP contribution in [0.4, 0.5) is 0 Å². The molecule has 0 bridgehead atoms. The Kier molecular flexibility index (Phi) is 4.77. The van der Waals surface area contributed by atoms with Crippen LogP contribution in [0.1, 0.15) is 5.56 Å². The van der Waals surface area contributed by atoms with Crippen LogP contribution in [0.25, 0.3) is 0 Å².